The van der Waals surface area contributed by atoms with Crippen LogP contribution in [0.2, 0.25) is 0 Å². The van der Waals surface area contributed by atoms with Crippen LogP contribution in [0, 0.1) is 0 Å². The maximum atomic E-state index is 13.5. The van der Waals surface area contributed by atoms with Crippen LogP contribution in [0.5, 0.6) is 23.0 Å². The SMILES string of the molecule is COc1ccc(C2CC(=O)C3=C(C2)Nc2nnnn2C3c2cc(OC)c(O)c(OC)c2)cc1. The first-order valence-electron chi connectivity index (χ1n) is 10.4. The number of hydrogen-bond acceptors (Lipinski definition) is 9. The molecule has 2 atom stereocenters. The number of methoxy groups -OCH3 is 3. The second-order valence-electron chi connectivity index (χ2n) is 7.94. The van der Waals surface area contributed by atoms with Crippen LogP contribution in [-0.4, -0.2) is 52.4 Å². The minimum Gasteiger partial charge on any atom is -0.502 e. The van der Waals surface area contributed by atoms with E-state index in [9.17, 15) is 9.90 Å². The molecule has 2 unspecified atom stereocenters. The van der Waals surface area contributed by atoms with Crippen molar-refractivity contribution in [2.75, 3.05) is 26.6 Å². The Balaban J connectivity index is 1.59. The molecule has 0 amide bonds. The van der Waals surface area contributed by atoms with Crippen LogP contribution in [0.15, 0.2) is 47.7 Å². The average molecular weight is 449 g/mol. The number of fused-ring (bicyclic) bond motifs is 1. The number of benzene rings is 2. The van der Waals surface area contributed by atoms with Crippen LogP contribution >= 0.6 is 0 Å². The molecule has 3 aromatic rings. The van der Waals surface area contributed by atoms with Crippen molar-refractivity contribution in [3.63, 3.8) is 0 Å². The molecule has 1 aromatic heterocycles. The van der Waals surface area contributed by atoms with Crippen molar-refractivity contribution in [2.45, 2.75) is 24.8 Å². The molecule has 2 N–H and O–H groups in total. The third kappa shape index (κ3) is 3.43. The van der Waals surface area contributed by atoms with Gasteiger partial charge in [-0.15, -0.1) is 0 Å². The number of phenols is 1. The Morgan fingerprint density at radius 3 is 2.33 bits per heavy atom. The quantitative estimate of drug-likeness (QED) is 0.606. The van der Waals surface area contributed by atoms with E-state index >= 15 is 0 Å². The molecule has 1 aliphatic heterocycles. The van der Waals surface area contributed by atoms with E-state index in [-0.39, 0.29) is 28.9 Å². The van der Waals surface area contributed by atoms with E-state index < -0.39 is 6.04 Å². The van der Waals surface area contributed by atoms with Crippen molar-refractivity contribution in [1.29, 1.82) is 0 Å². The highest BCUT2D eigenvalue weighted by Gasteiger charge is 2.40. The van der Waals surface area contributed by atoms with Gasteiger partial charge in [0.15, 0.2) is 17.3 Å². The molecule has 1 aliphatic carbocycles. The monoisotopic (exact) mass is 449 g/mol. The number of rotatable bonds is 5. The number of carbonyl (C=O) groups is 1. The van der Waals surface area contributed by atoms with Crippen LogP contribution in [0.3, 0.4) is 0 Å². The first-order chi connectivity index (χ1) is 16.0. The number of carbonyl (C=O) groups excluding carboxylic acids is 1. The molecule has 0 spiro atoms. The number of aromatic nitrogens is 4. The zero-order valence-corrected chi connectivity index (χ0v) is 18.4. The fourth-order valence-electron chi connectivity index (χ4n) is 4.56. The van der Waals surface area contributed by atoms with Gasteiger partial charge >= 0.3 is 0 Å². The Morgan fingerprint density at radius 2 is 1.70 bits per heavy atom. The van der Waals surface area contributed by atoms with Gasteiger partial charge in [0.2, 0.25) is 11.7 Å². The zero-order chi connectivity index (χ0) is 23.1. The largest absolute Gasteiger partial charge is 0.502 e. The van der Waals surface area contributed by atoms with Crippen LogP contribution in [0.25, 0.3) is 0 Å². The van der Waals surface area contributed by atoms with Crippen molar-refractivity contribution in [3.8, 4) is 23.0 Å². The lowest BCUT2D eigenvalue weighted by Crippen LogP contribution is -2.33. The summed E-state index contributed by atoms with van der Waals surface area (Å²) < 4.78 is 17.5. The molecule has 170 valence electrons. The Kier molecular flexibility index (Phi) is 5.12. The Labute approximate surface area is 189 Å². The fourth-order valence-corrected chi connectivity index (χ4v) is 4.56. The number of Topliss-reactive ketones (excluding diaryl/α,β-unsaturated/α-hetero) is 1. The number of allylic oxidation sites excluding steroid dienone is 2. The summed E-state index contributed by atoms with van der Waals surface area (Å²) in [4.78, 5) is 13.5. The number of ketones is 1. The number of tetrazole rings is 1. The maximum absolute atomic E-state index is 13.5. The predicted molar refractivity (Wildman–Crippen MR) is 118 cm³/mol. The van der Waals surface area contributed by atoms with E-state index in [1.807, 2.05) is 24.3 Å². The van der Waals surface area contributed by atoms with Crippen molar-refractivity contribution in [1.82, 2.24) is 20.2 Å². The summed E-state index contributed by atoms with van der Waals surface area (Å²) in [6.07, 6.45) is 0.982. The van der Waals surface area contributed by atoms with Crippen LogP contribution < -0.4 is 19.5 Å². The van der Waals surface area contributed by atoms with Gasteiger partial charge in [0.05, 0.1) is 21.3 Å². The van der Waals surface area contributed by atoms with E-state index in [0.29, 0.717) is 29.9 Å². The molecular formula is C23H23N5O5. The lowest BCUT2D eigenvalue weighted by atomic mass is 9.78. The van der Waals surface area contributed by atoms with Crippen molar-refractivity contribution < 1.29 is 24.1 Å². The third-order valence-corrected chi connectivity index (χ3v) is 6.19. The summed E-state index contributed by atoms with van der Waals surface area (Å²) in [5.74, 6) is 1.58. The number of nitrogens with one attached hydrogen (secondary N) is 1. The lowest BCUT2D eigenvalue weighted by molar-refractivity contribution is -0.116. The number of phenolic OH excluding ortho intramolecular Hbond substituents is 1. The highest BCUT2D eigenvalue weighted by atomic mass is 16.5. The molecule has 0 saturated carbocycles. The van der Waals surface area contributed by atoms with Gasteiger partial charge in [0.25, 0.3) is 0 Å². The smallest absolute Gasteiger partial charge is 0.248 e. The Hall–Kier alpha value is -4.08. The topological polar surface area (TPSA) is 121 Å². The molecular weight excluding hydrogens is 426 g/mol. The van der Waals surface area contributed by atoms with Gasteiger partial charge in [-0.3, -0.25) is 4.79 Å². The van der Waals surface area contributed by atoms with Gasteiger partial charge in [-0.1, -0.05) is 17.2 Å². The normalized spacial score (nSPS) is 19.4. The van der Waals surface area contributed by atoms with Gasteiger partial charge in [-0.05, 0) is 58.2 Å². The van der Waals surface area contributed by atoms with Crippen LogP contribution in [-0.2, 0) is 4.79 Å². The van der Waals surface area contributed by atoms with Gasteiger partial charge in [-0.2, -0.15) is 4.68 Å². The summed E-state index contributed by atoms with van der Waals surface area (Å²) in [5, 5.41) is 25.6. The number of anilines is 1. The molecule has 33 heavy (non-hydrogen) atoms. The van der Waals surface area contributed by atoms with E-state index in [1.54, 1.807) is 23.9 Å². The van der Waals surface area contributed by atoms with Crippen molar-refractivity contribution in [2.24, 2.45) is 0 Å². The molecule has 0 radical (unpaired) electrons. The molecule has 0 fully saturated rings. The van der Waals surface area contributed by atoms with E-state index in [1.165, 1.54) is 14.2 Å². The fraction of sp³-hybridized carbons (Fsp3) is 0.304. The van der Waals surface area contributed by atoms with Crippen LogP contribution in [0.4, 0.5) is 5.95 Å². The van der Waals surface area contributed by atoms with Gasteiger partial charge < -0.3 is 24.6 Å². The Bertz CT molecular complexity index is 1230. The highest BCUT2D eigenvalue weighted by Crippen LogP contribution is 2.46. The number of aromatic hydroxyl groups is 1. The minimum absolute atomic E-state index is 0.00160. The Morgan fingerprint density at radius 1 is 1.00 bits per heavy atom. The van der Waals surface area contributed by atoms with Crippen molar-refractivity contribution in [3.05, 3.63) is 58.8 Å². The second-order valence-corrected chi connectivity index (χ2v) is 7.94. The molecule has 10 heteroatoms. The van der Waals surface area contributed by atoms with Crippen molar-refractivity contribution >= 4 is 11.7 Å². The molecule has 2 aromatic carbocycles. The van der Waals surface area contributed by atoms with E-state index in [2.05, 4.69) is 20.8 Å². The number of hydrogen-bond donors (Lipinski definition) is 2. The first kappa shape index (κ1) is 20.8. The maximum Gasteiger partial charge on any atom is 0.248 e. The lowest BCUT2D eigenvalue weighted by Gasteiger charge is -2.34. The predicted octanol–water partition coefficient (Wildman–Crippen LogP) is 2.82. The molecule has 10 nitrogen and oxygen atoms in total. The summed E-state index contributed by atoms with van der Waals surface area (Å²) in [7, 11) is 4.54. The molecule has 0 bridgehead atoms. The molecule has 2 aliphatic rings. The van der Waals surface area contributed by atoms with Gasteiger partial charge in [-0.25, -0.2) is 0 Å². The summed E-state index contributed by atoms with van der Waals surface area (Å²) in [5.41, 5.74) is 3.10. The third-order valence-electron chi connectivity index (χ3n) is 6.19. The number of nitrogens with zero attached hydrogens (tertiary/aromatic N) is 4. The minimum atomic E-state index is -0.584. The molecule has 2 heterocycles. The summed E-state index contributed by atoms with van der Waals surface area (Å²) in [6, 6.07) is 10.5. The zero-order valence-electron chi connectivity index (χ0n) is 18.4. The van der Waals surface area contributed by atoms with Gasteiger partial charge in [0.1, 0.15) is 11.8 Å². The van der Waals surface area contributed by atoms with E-state index in [4.69, 9.17) is 14.2 Å². The van der Waals surface area contributed by atoms with Gasteiger partial charge in [0, 0.05) is 17.7 Å². The molecule has 5 rings (SSSR count). The number of ether oxygens (including phenoxy) is 3. The average Bonchev–Trinajstić information content (AvgIpc) is 3.31. The van der Waals surface area contributed by atoms with E-state index in [0.717, 1.165) is 17.0 Å². The first-order valence-corrected chi connectivity index (χ1v) is 10.4. The second kappa shape index (κ2) is 8.12. The van der Waals surface area contributed by atoms with Crippen LogP contribution in [0.1, 0.15) is 35.9 Å². The highest BCUT2D eigenvalue weighted by molar-refractivity contribution is 6.00. The standard InChI is InChI=1S/C23H23N5O5/c1-31-15-6-4-12(5-7-15)13-8-16-20(17(29)9-13)21(28-23(24-16)25-26-27-28)14-10-18(32-2)22(30)19(11-14)33-3/h4-7,10-11,13,21,30H,8-9H2,1-3H3,(H,24,25,27). The molecule has 0 saturated heterocycles. The summed E-state index contributed by atoms with van der Waals surface area (Å²) in [6.45, 7) is 0. The summed E-state index contributed by atoms with van der Waals surface area (Å²) >= 11 is 0.